The first kappa shape index (κ1) is 16.7. The predicted octanol–water partition coefficient (Wildman–Crippen LogP) is 3.80. The molecule has 0 spiro atoms. The molecular formula is C17H15N7S2. The van der Waals surface area contributed by atoms with Crippen LogP contribution in [0.5, 0.6) is 0 Å². The van der Waals surface area contributed by atoms with Gasteiger partial charge in [0.25, 0.3) is 0 Å². The van der Waals surface area contributed by atoms with Crippen molar-refractivity contribution in [3.63, 3.8) is 0 Å². The van der Waals surface area contributed by atoms with Crippen LogP contribution < -0.4 is 11.1 Å². The summed E-state index contributed by atoms with van der Waals surface area (Å²) < 4.78 is 0. The number of aryl methyl sites for hydroxylation is 1. The minimum absolute atomic E-state index is 0.188. The molecule has 0 saturated carbocycles. The molecule has 130 valence electrons. The number of nitrogens with one attached hydrogen (secondary N) is 1. The Morgan fingerprint density at radius 3 is 2.77 bits per heavy atom. The van der Waals surface area contributed by atoms with Crippen LogP contribution in [0.25, 0.3) is 10.2 Å². The number of nitrogen functional groups attached to an aromatic ring is 1. The second kappa shape index (κ2) is 7.22. The molecule has 0 aliphatic rings. The number of anilines is 3. The lowest BCUT2D eigenvalue weighted by molar-refractivity contribution is 0.979. The van der Waals surface area contributed by atoms with Gasteiger partial charge < -0.3 is 11.1 Å². The van der Waals surface area contributed by atoms with Gasteiger partial charge in [0.05, 0.1) is 5.75 Å². The van der Waals surface area contributed by atoms with Crippen LogP contribution in [0.2, 0.25) is 0 Å². The Labute approximate surface area is 158 Å². The van der Waals surface area contributed by atoms with E-state index >= 15 is 0 Å². The average molecular weight is 381 g/mol. The van der Waals surface area contributed by atoms with Crippen LogP contribution in [0.4, 0.5) is 17.6 Å². The summed E-state index contributed by atoms with van der Waals surface area (Å²) >= 11 is 3.15. The van der Waals surface area contributed by atoms with Crippen molar-refractivity contribution in [2.75, 3.05) is 11.1 Å². The highest BCUT2D eigenvalue weighted by Gasteiger charge is 2.09. The van der Waals surface area contributed by atoms with E-state index < -0.39 is 0 Å². The predicted molar refractivity (Wildman–Crippen MR) is 106 cm³/mol. The van der Waals surface area contributed by atoms with Gasteiger partial charge in [0.15, 0.2) is 0 Å². The number of hydrogen-bond donors (Lipinski definition) is 2. The number of hydrogen-bond acceptors (Lipinski definition) is 9. The number of rotatable bonds is 5. The summed E-state index contributed by atoms with van der Waals surface area (Å²) in [5, 5.41) is 7.12. The number of aromatic nitrogens is 5. The van der Waals surface area contributed by atoms with Crippen molar-refractivity contribution in [3.05, 3.63) is 53.4 Å². The summed E-state index contributed by atoms with van der Waals surface area (Å²) in [6.45, 7) is 2.04. The second-order valence-electron chi connectivity index (χ2n) is 5.53. The van der Waals surface area contributed by atoms with Gasteiger partial charge in [0.2, 0.25) is 11.9 Å². The van der Waals surface area contributed by atoms with Gasteiger partial charge in [-0.2, -0.15) is 15.0 Å². The molecule has 0 aliphatic carbocycles. The molecule has 4 aromatic rings. The lowest BCUT2D eigenvalue weighted by Crippen LogP contribution is -2.06. The minimum atomic E-state index is 0.188. The van der Waals surface area contributed by atoms with Crippen molar-refractivity contribution >= 4 is 50.9 Å². The topological polar surface area (TPSA) is 102 Å². The summed E-state index contributed by atoms with van der Waals surface area (Å²) in [7, 11) is 0. The van der Waals surface area contributed by atoms with E-state index in [1.165, 1.54) is 5.56 Å². The van der Waals surface area contributed by atoms with Gasteiger partial charge in [0, 0.05) is 11.1 Å². The Balaban J connectivity index is 1.52. The highest BCUT2D eigenvalue weighted by atomic mass is 32.2. The number of thiophene rings is 1. The fraction of sp³-hybridized carbons (Fsp3) is 0.118. The zero-order valence-electron chi connectivity index (χ0n) is 13.9. The normalized spacial score (nSPS) is 11.0. The van der Waals surface area contributed by atoms with Crippen LogP contribution in [-0.2, 0) is 5.75 Å². The summed E-state index contributed by atoms with van der Waals surface area (Å²) in [4.78, 5) is 22.4. The minimum Gasteiger partial charge on any atom is -0.368 e. The molecule has 0 atom stereocenters. The van der Waals surface area contributed by atoms with Gasteiger partial charge in [-0.3, -0.25) is 0 Å². The van der Waals surface area contributed by atoms with Crippen LogP contribution in [0, 0.1) is 6.92 Å². The summed E-state index contributed by atoms with van der Waals surface area (Å²) in [5.41, 5.74) is 7.93. The molecular weight excluding hydrogens is 366 g/mol. The first-order chi connectivity index (χ1) is 12.7. The van der Waals surface area contributed by atoms with Gasteiger partial charge in [-0.25, -0.2) is 9.97 Å². The summed E-state index contributed by atoms with van der Waals surface area (Å²) in [6, 6.07) is 10.0. The fourth-order valence-electron chi connectivity index (χ4n) is 2.34. The van der Waals surface area contributed by atoms with E-state index in [0.29, 0.717) is 17.5 Å². The third kappa shape index (κ3) is 3.73. The first-order valence-corrected chi connectivity index (χ1v) is 9.69. The van der Waals surface area contributed by atoms with Gasteiger partial charge in [-0.1, -0.05) is 29.5 Å². The monoisotopic (exact) mass is 381 g/mol. The van der Waals surface area contributed by atoms with E-state index in [0.717, 1.165) is 20.9 Å². The van der Waals surface area contributed by atoms with E-state index in [1.807, 2.05) is 42.6 Å². The maximum atomic E-state index is 5.84. The van der Waals surface area contributed by atoms with E-state index in [4.69, 9.17) is 5.73 Å². The Morgan fingerprint density at radius 1 is 1.08 bits per heavy atom. The Morgan fingerprint density at radius 2 is 1.92 bits per heavy atom. The third-order valence-electron chi connectivity index (χ3n) is 3.57. The molecule has 3 aromatic heterocycles. The van der Waals surface area contributed by atoms with E-state index in [9.17, 15) is 0 Å². The van der Waals surface area contributed by atoms with Gasteiger partial charge in [-0.15, -0.1) is 11.3 Å². The quantitative estimate of drug-likeness (QED) is 0.397. The van der Waals surface area contributed by atoms with Crippen molar-refractivity contribution in [1.82, 2.24) is 24.9 Å². The summed E-state index contributed by atoms with van der Waals surface area (Å²) in [5.74, 6) is 1.75. The molecule has 4 rings (SSSR count). The maximum Gasteiger partial charge on any atom is 0.232 e. The lowest BCUT2D eigenvalue weighted by Gasteiger charge is -2.07. The van der Waals surface area contributed by atoms with E-state index in [2.05, 4.69) is 30.2 Å². The lowest BCUT2D eigenvalue weighted by atomic mass is 10.2. The molecule has 0 amide bonds. The number of fused-ring (bicyclic) bond motifs is 1. The number of benzene rings is 1. The largest absolute Gasteiger partial charge is 0.368 e. The van der Waals surface area contributed by atoms with Crippen molar-refractivity contribution in [2.24, 2.45) is 0 Å². The van der Waals surface area contributed by atoms with Crippen molar-refractivity contribution in [2.45, 2.75) is 17.7 Å². The standard InChI is InChI=1S/C17H15N7S2/c1-10-2-4-11(5-3-10)21-17-23-13(22-16(18)24-17)8-26-15-12-6-7-25-14(12)19-9-20-15/h2-7,9H,8H2,1H3,(H3,18,21,22,23,24). The molecule has 1 aromatic carbocycles. The molecule has 0 bridgehead atoms. The molecule has 0 aliphatic heterocycles. The molecule has 0 radical (unpaired) electrons. The van der Waals surface area contributed by atoms with Crippen molar-refractivity contribution in [3.8, 4) is 0 Å². The second-order valence-corrected chi connectivity index (χ2v) is 7.39. The molecule has 3 heterocycles. The van der Waals surface area contributed by atoms with Crippen LogP contribution in [0.1, 0.15) is 11.4 Å². The first-order valence-electron chi connectivity index (χ1n) is 7.82. The summed E-state index contributed by atoms with van der Waals surface area (Å²) in [6.07, 6.45) is 1.58. The number of thioether (sulfide) groups is 1. The highest BCUT2D eigenvalue weighted by Crippen LogP contribution is 2.29. The zero-order chi connectivity index (χ0) is 17.9. The van der Waals surface area contributed by atoms with Crippen molar-refractivity contribution in [1.29, 1.82) is 0 Å². The maximum absolute atomic E-state index is 5.84. The fourth-order valence-corrected chi connectivity index (χ4v) is 3.97. The van der Waals surface area contributed by atoms with E-state index in [-0.39, 0.29) is 5.95 Å². The Kier molecular flexibility index (Phi) is 4.63. The van der Waals surface area contributed by atoms with Gasteiger partial charge in [0.1, 0.15) is 22.0 Å². The van der Waals surface area contributed by atoms with Gasteiger partial charge >= 0.3 is 0 Å². The smallest absolute Gasteiger partial charge is 0.232 e. The molecule has 3 N–H and O–H groups in total. The molecule has 0 fully saturated rings. The zero-order valence-corrected chi connectivity index (χ0v) is 15.5. The average Bonchev–Trinajstić information content (AvgIpc) is 3.11. The molecule has 26 heavy (non-hydrogen) atoms. The van der Waals surface area contributed by atoms with Crippen LogP contribution in [0.3, 0.4) is 0 Å². The van der Waals surface area contributed by atoms with Crippen molar-refractivity contribution < 1.29 is 0 Å². The molecule has 0 saturated heterocycles. The molecule has 7 nitrogen and oxygen atoms in total. The molecule has 0 unspecified atom stereocenters. The van der Waals surface area contributed by atoms with Crippen LogP contribution in [0.15, 0.2) is 47.1 Å². The van der Waals surface area contributed by atoms with Gasteiger partial charge in [-0.05, 0) is 30.5 Å². The molecule has 9 heteroatoms. The Hall–Kier alpha value is -2.78. The number of nitrogens with two attached hydrogens (primary N) is 1. The Bertz CT molecular complexity index is 1050. The highest BCUT2D eigenvalue weighted by molar-refractivity contribution is 7.98. The van der Waals surface area contributed by atoms with E-state index in [1.54, 1.807) is 29.4 Å². The third-order valence-corrected chi connectivity index (χ3v) is 5.39. The van der Waals surface area contributed by atoms with Crippen LogP contribution in [-0.4, -0.2) is 24.9 Å². The SMILES string of the molecule is Cc1ccc(Nc2nc(N)nc(CSc3ncnc4sccc34)n2)cc1. The number of nitrogens with zero attached hydrogens (tertiary/aromatic N) is 5. The van der Waals surface area contributed by atoms with Crippen LogP contribution >= 0.6 is 23.1 Å².